The van der Waals surface area contributed by atoms with Gasteiger partial charge in [-0.05, 0) is 54.6 Å². The molecule has 6 heteroatoms. The van der Waals surface area contributed by atoms with E-state index in [2.05, 4.69) is 59.4 Å². The summed E-state index contributed by atoms with van der Waals surface area (Å²) in [6, 6.07) is 12.4. The lowest BCUT2D eigenvalue weighted by Crippen LogP contribution is -2.36. The number of nitrogens with one attached hydrogen (secondary N) is 2. The van der Waals surface area contributed by atoms with Crippen molar-refractivity contribution in [2.45, 2.75) is 45.4 Å². The van der Waals surface area contributed by atoms with Crippen LogP contribution in [0.4, 0.5) is 17.2 Å². The summed E-state index contributed by atoms with van der Waals surface area (Å²) in [4.78, 5) is 22.7. The second-order valence-corrected chi connectivity index (χ2v) is 8.21. The molecule has 0 amide bonds. The van der Waals surface area contributed by atoms with E-state index >= 15 is 0 Å². The summed E-state index contributed by atoms with van der Waals surface area (Å²) in [5, 5.41) is 4.96. The molecule has 0 spiro atoms. The van der Waals surface area contributed by atoms with Crippen LogP contribution in [-0.2, 0) is 4.74 Å². The molecule has 0 atom stereocenters. The average Bonchev–Trinajstić information content (AvgIpc) is 2.80. The highest BCUT2D eigenvalue weighted by Gasteiger charge is 2.17. The zero-order valence-corrected chi connectivity index (χ0v) is 18.5. The summed E-state index contributed by atoms with van der Waals surface area (Å²) in [5.74, 6) is 1.04. The molecule has 6 nitrogen and oxygen atoms in total. The molecule has 1 aliphatic heterocycles. The lowest BCUT2D eigenvalue weighted by atomic mass is 9.93. The number of benzene rings is 1. The van der Waals surface area contributed by atoms with Crippen molar-refractivity contribution in [3.63, 3.8) is 0 Å². The Morgan fingerprint density at radius 2 is 1.81 bits per heavy atom. The number of fused-ring (bicyclic) bond motifs is 1. The van der Waals surface area contributed by atoms with Crippen molar-refractivity contribution in [2.24, 2.45) is 0 Å². The summed E-state index contributed by atoms with van der Waals surface area (Å²) >= 11 is 0. The van der Waals surface area contributed by atoms with Crippen LogP contribution in [0.5, 0.6) is 0 Å². The molecule has 31 heavy (non-hydrogen) atoms. The fourth-order valence-corrected chi connectivity index (χ4v) is 4.39. The molecule has 2 aromatic heterocycles. The van der Waals surface area contributed by atoms with Crippen LogP contribution in [-0.4, -0.2) is 36.3 Å². The molecule has 0 unspecified atom stereocenters. The van der Waals surface area contributed by atoms with Crippen LogP contribution in [0.3, 0.4) is 0 Å². The Hall–Kier alpha value is -2.86. The van der Waals surface area contributed by atoms with Crippen LogP contribution in [0, 0.1) is 0 Å². The van der Waals surface area contributed by atoms with Crippen molar-refractivity contribution in [3.8, 4) is 0 Å². The minimum Gasteiger partial charge on any atom is -0.378 e. The quantitative estimate of drug-likeness (QED) is 0.525. The first-order valence-corrected chi connectivity index (χ1v) is 11.4. The van der Waals surface area contributed by atoms with Gasteiger partial charge in [0.15, 0.2) is 0 Å². The first kappa shape index (κ1) is 21.4. The molecule has 1 fully saturated rings. The van der Waals surface area contributed by atoms with Gasteiger partial charge in [-0.15, -0.1) is 0 Å². The van der Waals surface area contributed by atoms with Crippen molar-refractivity contribution in [1.82, 2.24) is 9.97 Å². The van der Waals surface area contributed by atoms with Crippen LogP contribution in [0.15, 0.2) is 47.4 Å². The number of morpholine rings is 1. The summed E-state index contributed by atoms with van der Waals surface area (Å²) in [6.45, 7) is 7.77. The minimum absolute atomic E-state index is 0.119. The maximum absolute atomic E-state index is 12.6. The number of anilines is 3. The van der Waals surface area contributed by atoms with E-state index in [0.717, 1.165) is 68.8 Å². The zero-order chi connectivity index (χ0) is 21.6. The molecule has 0 radical (unpaired) electrons. The molecule has 164 valence electrons. The smallest absolute Gasteiger partial charge is 0.259 e. The first-order valence-electron chi connectivity index (χ1n) is 11.4. The maximum atomic E-state index is 12.6. The highest BCUT2D eigenvalue weighted by atomic mass is 16.5. The van der Waals surface area contributed by atoms with Gasteiger partial charge in [0.05, 0.1) is 18.6 Å². The average molecular weight is 421 g/mol. The Labute approximate surface area is 183 Å². The van der Waals surface area contributed by atoms with Gasteiger partial charge >= 0.3 is 0 Å². The van der Waals surface area contributed by atoms with Crippen molar-refractivity contribution in [3.05, 3.63) is 58.6 Å². The third kappa shape index (κ3) is 4.90. The van der Waals surface area contributed by atoms with E-state index in [1.54, 1.807) is 6.20 Å². The van der Waals surface area contributed by atoms with Gasteiger partial charge in [0.25, 0.3) is 5.56 Å². The molecule has 4 rings (SSSR count). The second kappa shape index (κ2) is 9.96. The van der Waals surface area contributed by atoms with Gasteiger partial charge in [-0.25, -0.2) is 4.98 Å². The van der Waals surface area contributed by atoms with Crippen molar-refractivity contribution >= 4 is 28.0 Å². The fourth-order valence-electron chi connectivity index (χ4n) is 4.39. The third-order valence-corrected chi connectivity index (χ3v) is 5.97. The molecule has 1 aliphatic rings. The standard InChI is InChI=1S/C25H32N4O2/c1-3-5-18(6-4-2)22-17-19-11-12-26-25(30)23(19)24(28-22)27-20-7-9-21(10-8-20)29-13-15-31-16-14-29/h7-12,17-18H,3-6,13-16H2,1-2H3,(H,26,30)(H,27,28). The molecule has 0 saturated carbocycles. The van der Waals surface area contributed by atoms with Gasteiger partial charge in [-0.3, -0.25) is 4.79 Å². The van der Waals surface area contributed by atoms with E-state index in [1.165, 1.54) is 5.69 Å². The molecule has 0 aliphatic carbocycles. The van der Waals surface area contributed by atoms with Gasteiger partial charge in [0.1, 0.15) is 5.82 Å². The van der Waals surface area contributed by atoms with E-state index in [4.69, 9.17) is 9.72 Å². The van der Waals surface area contributed by atoms with Crippen LogP contribution in [0.25, 0.3) is 10.8 Å². The van der Waals surface area contributed by atoms with Crippen LogP contribution < -0.4 is 15.8 Å². The zero-order valence-electron chi connectivity index (χ0n) is 18.5. The predicted octanol–water partition coefficient (Wildman–Crippen LogP) is 5.19. The van der Waals surface area contributed by atoms with E-state index in [-0.39, 0.29) is 5.56 Å². The van der Waals surface area contributed by atoms with Gasteiger partial charge in [-0.1, -0.05) is 26.7 Å². The van der Waals surface area contributed by atoms with Crippen molar-refractivity contribution in [1.29, 1.82) is 0 Å². The fraction of sp³-hybridized carbons (Fsp3) is 0.440. The predicted molar refractivity (Wildman–Crippen MR) is 128 cm³/mol. The SMILES string of the molecule is CCCC(CCC)c1cc2cc[nH]c(=O)c2c(Nc2ccc(N3CCOCC3)cc2)n1. The minimum atomic E-state index is -0.119. The van der Waals surface area contributed by atoms with E-state index in [9.17, 15) is 4.79 Å². The third-order valence-electron chi connectivity index (χ3n) is 5.97. The Balaban J connectivity index is 1.67. The number of pyridine rings is 2. The highest BCUT2D eigenvalue weighted by Crippen LogP contribution is 2.31. The van der Waals surface area contributed by atoms with E-state index in [0.29, 0.717) is 17.1 Å². The van der Waals surface area contributed by atoms with Crippen LogP contribution >= 0.6 is 0 Å². The van der Waals surface area contributed by atoms with Gasteiger partial charge < -0.3 is 19.9 Å². The number of hydrogen-bond acceptors (Lipinski definition) is 5. The number of aromatic nitrogens is 2. The molecular formula is C25H32N4O2. The van der Waals surface area contributed by atoms with Crippen molar-refractivity contribution < 1.29 is 4.74 Å². The van der Waals surface area contributed by atoms with Crippen LogP contribution in [0.2, 0.25) is 0 Å². The number of hydrogen-bond donors (Lipinski definition) is 2. The lowest BCUT2D eigenvalue weighted by molar-refractivity contribution is 0.122. The number of aromatic amines is 1. The van der Waals surface area contributed by atoms with Gasteiger partial charge in [0.2, 0.25) is 0 Å². The normalized spacial score (nSPS) is 14.4. The molecular weight excluding hydrogens is 388 g/mol. The van der Waals surface area contributed by atoms with E-state index < -0.39 is 0 Å². The molecule has 3 aromatic rings. The van der Waals surface area contributed by atoms with Gasteiger partial charge in [-0.2, -0.15) is 0 Å². The Kier molecular flexibility index (Phi) is 6.87. The maximum Gasteiger partial charge on any atom is 0.259 e. The number of H-pyrrole nitrogens is 1. The lowest BCUT2D eigenvalue weighted by Gasteiger charge is -2.29. The number of nitrogens with zero attached hydrogens (tertiary/aromatic N) is 2. The van der Waals surface area contributed by atoms with Crippen molar-refractivity contribution in [2.75, 3.05) is 36.5 Å². The summed E-state index contributed by atoms with van der Waals surface area (Å²) < 4.78 is 5.45. The molecule has 3 heterocycles. The first-order chi connectivity index (χ1) is 15.2. The Morgan fingerprint density at radius 1 is 1.10 bits per heavy atom. The molecule has 1 aromatic carbocycles. The monoisotopic (exact) mass is 420 g/mol. The molecule has 1 saturated heterocycles. The second-order valence-electron chi connectivity index (χ2n) is 8.21. The van der Waals surface area contributed by atoms with Crippen LogP contribution in [0.1, 0.15) is 51.1 Å². The van der Waals surface area contributed by atoms with E-state index in [1.807, 2.05) is 6.07 Å². The number of rotatable bonds is 8. The summed E-state index contributed by atoms with van der Waals surface area (Å²) in [7, 11) is 0. The Bertz CT molecular complexity index is 1050. The topological polar surface area (TPSA) is 70.2 Å². The summed E-state index contributed by atoms with van der Waals surface area (Å²) in [6.07, 6.45) is 6.15. The number of ether oxygens (including phenoxy) is 1. The van der Waals surface area contributed by atoms with Gasteiger partial charge in [0, 0.05) is 42.3 Å². The summed E-state index contributed by atoms with van der Waals surface area (Å²) in [5.41, 5.74) is 3.05. The molecule has 2 N–H and O–H groups in total. The largest absolute Gasteiger partial charge is 0.378 e. The highest BCUT2D eigenvalue weighted by molar-refractivity contribution is 5.93. The molecule has 0 bridgehead atoms. The Morgan fingerprint density at radius 3 is 2.48 bits per heavy atom.